The highest BCUT2D eigenvalue weighted by atomic mass is 16.6. The number of benzene rings is 2. The van der Waals surface area contributed by atoms with Crippen molar-refractivity contribution >= 4 is 17.5 Å². The number of carbonyl (C=O) groups excluding carboxylic acids is 1. The van der Waals surface area contributed by atoms with Crippen LogP contribution in [0.4, 0.5) is 16.2 Å². The number of aryl methyl sites for hydroxylation is 2. The van der Waals surface area contributed by atoms with Crippen LogP contribution in [0.3, 0.4) is 0 Å². The van der Waals surface area contributed by atoms with Crippen LogP contribution in [-0.4, -0.2) is 66.2 Å². The van der Waals surface area contributed by atoms with Crippen molar-refractivity contribution in [3.8, 4) is 11.8 Å². The first kappa shape index (κ1) is 25.8. The highest BCUT2D eigenvalue weighted by Gasteiger charge is 2.27. The zero-order valence-corrected chi connectivity index (χ0v) is 21.8. The number of nitriles is 1. The molecule has 2 aromatic carbocycles. The van der Waals surface area contributed by atoms with Crippen LogP contribution in [0.5, 0.6) is 5.75 Å². The van der Waals surface area contributed by atoms with Gasteiger partial charge in [0, 0.05) is 44.5 Å². The predicted octanol–water partition coefficient (Wildman–Crippen LogP) is 4.22. The molecule has 9 nitrogen and oxygen atoms in total. The van der Waals surface area contributed by atoms with E-state index in [0.717, 1.165) is 70.0 Å². The average molecular weight is 515 g/mol. The van der Waals surface area contributed by atoms with Crippen LogP contribution < -0.4 is 15.0 Å². The van der Waals surface area contributed by atoms with Crippen molar-refractivity contribution in [1.29, 1.82) is 5.26 Å². The van der Waals surface area contributed by atoms with E-state index in [2.05, 4.69) is 38.4 Å². The molecule has 38 heavy (non-hydrogen) atoms. The van der Waals surface area contributed by atoms with Crippen LogP contribution >= 0.6 is 0 Å². The molecular formula is C29H34N6O3. The monoisotopic (exact) mass is 514 g/mol. The Labute approximate surface area is 223 Å². The number of piperidine rings is 1. The summed E-state index contributed by atoms with van der Waals surface area (Å²) in [6.07, 6.45) is 3.91. The minimum atomic E-state index is -0.612. The molecule has 1 amide bonds. The Morgan fingerprint density at radius 3 is 2.63 bits per heavy atom. The molecule has 0 saturated carbocycles. The maximum Gasteiger partial charge on any atom is 0.417 e. The summed E-state index contributed by atoms with van der Waals surface area (Å²) in [6, 6.07) is 18.5. The van der Waals surface area contributed by atoms with Crippen molar-refractivity contribution in [3.05, 3.63) is 71.5 Å². The Morgan fingerprint density at radius 1 is 1.13 bits per heavy atom. The standard InChI is InChI=1S/C29H34N6O3/c1-22-28(21-31-35(22)14-9-23-5-3-2-4-6-23)38-29(36)32-25-7-8-27(24(19-25)20-30)34-12-10-26(11-13-34)33-15-17-37-18-16-33/h2-8,19,21,26H,9-18H2,1H3,(H,32,36). The Kier molecular flexibility index (Phi) is 8.22. The predicted molar refractivity (Wildman–Crippen MR) is 146 cm³/mol. The molecule has 0 spiro atoms. The highest BCUT2D eigenvalue weighted by Crippen LogP contribution is 2.28. The van der Waals surface area contributed by atoms with Crippen molar-refractivity contribution in [1.82, 2.24) is 14.7 Å². The number of rotatable bonds is 7. The topological polar surface area (TPSA) is 95.7 Å². The quantitative estimate of drug-likeness (QED) is 0.504. The van der Waals surface area contributed by atoms with E-state index < -0.39 is 6.09 Å². The summed E-state index contributed by atoms with van der Waals surface area (Å²) < 4.78 is 12.8. The number of anilines is 2. The van der Waals surface area contributed by atoms with Gasteiger partial charge in [0.05, 0.1) is 36.4 Å². The number of hydrogen-bond donors (Lipinski definition) is 1. The molecule has 2 saturated heterocycles. The van der Waals surface area contributed by atoms with E-state index >= 15 is 0 Å². The van der Waals surface area contributed by atoms with E-state index in [1.54, 1.807) is 12.3 Å². The number of carbonyl (C=O) groups is 1. The molecule has 0 radical (unpaired) electrons. The van der Waals surface area contributed by atoms with Gasteiger partial charge >= 0.3 is 6.09 Å². The molecule has 9 heteroatoms. The summed E-state index contributed by atoms with van der Waals surface area (Å²) in [6.45, 7) is 8.00. The molecule has 198 valence electrons. The van der Waals surface area contributed by atoms with Gasteiger partial charge in [0.25, 0.3) is 0 Å². The third-order valence-electron chi connectivity index (χ3n) is 7.45. The molecule has 3 aromatic rings. The second-order valence-corrected chi connectivity index (χ2v) is 9.78. The zero-order valence-electron chi connectivity index (χ0n) is 21.8. The molecular weight excluding hydrogens is 480 g/mol. The lowest BCUT2D eigenvalue weighted by Crippen LogP contribution is -2.49. The molecule has 2 aliphatic rings. The lowest BCUT2D eigenvalue weighted by molar-refractivity contribution is 0.0115. The summed E-state index contributed by atoms with van der Waals surface area (Å²) in [7, 11) is 0. The normalized spacial score (nSPS) is 16.7. The third kappa shape index (κ3) is 6.15. The fourth-order valence-corrected chi connectivity index (χ4v) is 5.27. The van der Waals surface area contributed by atoms with Gasteiger partial charge in [-0.2, -0.15) is 10.4 Å². The van der Waals surface area contributed by atoms with Gasteiger partial charge in [-0.1, -0.05) is 30.3 Å². The van der Waals surface area contributed by atoms with Gasteiger partial charge in [0.2, 0.25) is 0 Å². The Morgan fingerprint density at radius 2 is 1.89 bits per heavy atom. The molecule has 5 rings (SSSR count). The number of amides is 1. The number of nitrogens with zero attached hydrogens (tertiary/aromatic N) is 5. The van der Waals surface area contributed by atoms with Crippen LogP contribution in [0, 0.1) is 18.3 Å². The van der Waals surface area contributed by atoms with Gasteiger partial charge in [0.1, 0.15) is 6.07 Å². The minimum Gasteiger partial charge on any atom is -0.406 e. The maximum absolute atomic E-state index is 12.6. The SMILES string of the molecule is Cc1c(OC(=O)Nc2ccc(N3CCC(N4CCOCC4)CC3)c(C#N)c2)cnn1CCc1ccccc1. The lowest BCUT2D eigenvalue weighted by atomic mass is 10.0. The number of hydrogen-bond acceptors (Lipinski definition) is 7. The van der Waals surface area contributed by atoms with Crippen molar-refractivity contribution in [2.75, 3.05) is 49.6 Å². The van der Waals surface area contributed by atoms with Gasteiger partial charge in [-0.25, -0.2) is 4.79 Å². The van der Waals surface area contributed by atoms with Gasteiger partial charge < -0.3 is 14.4 Å². The Bertz CT molecular complexity index is 1270. The van der Waals surface area contributed by atoms with Crippen LogP contribution in [0.1, 0.15) is 29.7 Å². The Hall–Kier alpha value is -3.87. The van der Waals surface area contributed by atoms with Crippen molar-refractivity contribution in [3.63, 3.8) is 0 Å². The number of nitrogens with one attached hydrogen (secondary N) is 1. The first-order valence-corrected chi connectivity index (χ1v) is 13.3. The number of morpholine rings is 1. The van der Waals surface area contributed by atoms with E-state index in [1.807, 2.05) is 41.9 Å². The largest absolute Gasteiger partial charge is 0.417 e. The second-order valence-electron chi connectivity index (χ2n) is 9.78. The molecule has 1 aromatic heterocycles. The van der Waals surface area contributed by atoms with E-state index in [1.165, 1.54) is 5.56 Å². The first-order valence-electron chi connectivity index (χ1n) is 13.3. The third-order valence-corrected chi connectivity index (χ3v) is 7.45. The molecule has 2 aliphatic heterocycles. The number of ether oxygens (including phenoxy) is 2. The summed E-state index contributed by atoms with van der Waals surface area (Å²) in [4.78, 5) is 17.4. The molecule has 0 bridgehead atoms. The van der Waals surface area contributed by atoms with Gasteiger partial charge in [0.15, 0.2) is 5.75 Å². The number of aromatic nitrogens is 2. The van der Waals surface area contributed by atoms with E-state index in [4.69, 9.17) is 9.47 Å². The van der Waals surface area contributed by atoms with Crippen molar-refractivity contribution < 1.29 is 14.3 Å². The van der Waals surface area contributed by atoms with Crippen LogP contribution in [-0.2, 0) is 17.7 Å². The lowest BCUT2D eigenvalue weighted by Gasteiger charge is -2.41. The molecule has 0 aliphatic carbocycles. The van der Waals surface area contributed by atoms with Crippen LogP contribution in [0.15, 0.2) is 54.7 Å². The highest BCUT2D eigenvalue weighted by molar-refractivity contribution is 5.87. The van der Waals surface area contributed by atoms with Gasteiger partial charge in [-0.05, 0) is 49.9 Å². The molecule has 3 heterocycles. The molecule has 1 N–H and O–H groups in total. The van der Waals surface area contributed by atoms with Crippen LogP contribution in [0.25, 0.3) is 0 Å². The fourth-order valence-electron chi connectivity index (χ4n) is 5.27. The van der Waals surface area contributed by atoms with Crippen LogP contribution in [0.2, 0.25) is 0 Å². The van der Waals surface area contributed by atoms with E-state index in [-0.39, 0.29) is 0 Å². The van der Waals surface area contributed by atoms with Gasteiger partial charge in [-0.15, -0.1) is 0 Å². The van der Waals surface area contributed by atoms with Crippen molar-refractivity contribution in [2.45, 2.75) is 38.8 Å². The average Bonchev–Trinajstić information content (AvgIpc) is 3.31. The Balaban J connectivity index is 1.16. The fraction of sp³-hybridized carbons (Fsp3) is 0.414. The minimum absolute atomic E-state index is 0.413. The van der Waals surface area contributed by atoms with E-state index in [0.29, 0.717) is 29.6 Å². The second kappa shape index (κ2) is 12.1. The smallest absolute Gasteiger partial charge is 0.406 e. The molecule has 0 unspecified atom stereocenters. The summed E-state index contributed by atoms with van der Waals surface area (Å²) in [5.74, 6) is 0.413. The van der Waals surface area contributed by atoms with E-state index in [9.17, 15) is 10.1 Å². The summed E-state index contributed by atoms with van der Waals surface area (Å²) in [5.41, 5.74) is 3.97. The molecule has 0 atom stereocenters. The summed E-state index contributed by atoms with van der Waals surface area (Å²) in [5, 5.41) is 16.9. The first-order chi connectivity index (χ1) is 18.6. The zero-order chi connectivity index (χ0) is 26.3. The van der Waals surface area contributed by atoms with Crippen molar-refractivity contribution in [2.24, 2.45) is 0 Å². The summed E-state index contributed by atoms with van der Waals surface area (Å²) >= 11 is 0. The maximum atomic E-state index is 12.6. The molecule has 2 fully saturated rings. The van der Waals surface area contributed by atoms with Gasteiger partial charge in [-0.3, -0.25) is 14.9 Å².